The molecule has 1 aliphatic rings. The fourth-order valence-corrected chi connectivity index (χ4v) is 4.12. The number of para-hydroxylation sites is 2. The summed E-state index contributed by atoms with van der Waals surface area (Å²) in [7, 11) is 0. The smallest absolute Gasteiger partial charge is 0.161 e. The minimum Gasteiger partial charge on any atom is -0.456 e. The van der Waals surface area contributed by atoms with E-state index >= 15 is 0 Å². The summed E-state index contributed by atoms with van der Waals surface area (Å²) in [4.78, 5) is 9.23. The lowest BCUT2D eigenvalue weighted by Gasteiger charge is -2.35. The molecule has 2 heterocycles. The van der Waals surface area contributed by atoms with Gasteiger partial charge in [-0.15, -0.1) is 0 Å². The van der Waals surface area contributed by atoms with Crippen LogP contribution in [0.4, 0.5) is 0 Å². The molecule has 4 heteroatoms. The third-order valence-corrected chi connectivity index (χ3v) is 5.66. The first-order valence-electron chi connectivity index (χ1n) is 9.55. The summed E-state index contributed by atoms with van der Waals surface area (Å²) in [6.07, 6.45) is 0. The second-order valence-electron chi connectivity index (χ2n) is 7.67. The fraction of sp³-hybridized carbons (Fsp3) is 0.120. The number of ether oxygens (including phenoxy) is 1. The van der Waals surface area contributed by atoms with Crippen LogP contribution >= 0.6 is 11.6 Å². The van der Waals surface area contributed by atoms with Crippen LogP contribution in [0.25, 0.3) is 22.6 Å². The van der Waals surface area contributed by atoms with Crippen LogP contribution in [0.2, 0.25) is 5.15 Å². The number of fused-ring (bicyclic) bond motifs is 2. The lowest BCUT2D eigenvalue weighted by molar-refractivity contribution is 0.419. The Morgan fingerprint density at radius 2 is 1.52 bits per heavy atom. The molecule has 0 atom stereocenters. The van der Waals surface area contributed by atoms with Gasteiger partial charge in [0.25, 0.3) is 0 Å². The van der Waals surface area contributed by atoms with E-state index in [0.717, 1.165) is 33.9 Å². The van der Waals surface area contributed by atoms with Crippen molar-refractivity contribution in [2.24, 2.45) is 0 Å². The monoisotopic (exact) mass is 398 g/mol. The summed E-state index contributed by atoms with van der Waals surface area (Å²) in [6, 6.07) is 26.0. The van der Waals surface area contributed by atoms with Gasteiger partial charge < -0.3 is 4.74 Å². The van der Waals surface area contributed by atoms with Crippen LogP contribution in [0.1, 0.15) is 25.0 Å². The molecule has 0 radical (unpaired) electrons. The standard InChI is InChI=1S/C25H19ClN2O/c1-25(2)18-12-6-7-14-21(18)29-23-17(11-8-13-19(23)25)20-15-22(26)28-24(27-20)16-9-4-3-5-10-16/h3-15H,1-2H3. The largest absolute Gasteiger partial charge is 0.456 e. The molecular formula is C25H19ClN2O. The van der Waals surface area contributed by atoms with E-state index in [1.807, 2.05) is 54.6 Å². The van der Waals surface area contributed by atoms with E-state index < -0.39 is 0 Å². The molecular weight excluding hydrogens is 380 g/mol. The van der Waals surface area contributed by atoms with Gasteiger partial charge in [-0.25, -0.2) is 9.97 Å². The van der Waals surface area contributed by atoms with Crippen LogP contribution in [0.3, 0.4) is 0 Å². The maximum Gasteiger partial charge on any atom is 0.161 e. The van der Waals surface area contributed by atoms with E-state index in [2.05, 4.69) is 37.0 Å². The van der Waals surface area contributed by atoms with E-state index in [1.54, 1.807) is 6.07 Å². The number of hydrogen-bond acceptors (Lipinski definition) is 3. The van der Waals surface area contributed by atoms with Gasteiger partial charge in [0.05, 0.1) is 5.69 Å². The quantitative estimate of drug-likeness (QED) is 0.344. The van der Waals surface area contributed by atoms with Gasteiger partial charge in [0.1, 0.15) is 16.7 Å². The Hall–Kier alpha value is -3.17. The van der Waals surface area contributed by atoms with E-state index in [4.69, 9.17) is 21.3 Å². The Morgan fingerprint density at radius 3 is 2.34 bits per heavy atom. The Morgan fingerprint density at radius 1 is 0.793 bits per heavy atom. The molecule has 0 saturated heterocycles. The predicted octanol–water partition coefficient (Wildman–Crippen LogP) is 6.90. The van der Waals surface area contributed by atoms with Crippen molar-refractivity contribution in [1.82, 2.24) is 9.97 Å². The average Bonchev–Trinajstić information content (AvgIpc) is 2.74. The number of nitrogens with zero attached hydrogens (tertiary/aromatic N) is 2. The Labute approximate surface area is 175 Å². The van der Waals surface area contributed by atoms with Crippen molar-refractivity contribution in [2.75, 3.05) is 0 Å². The van der Waals surface area contributed by atoms with E-state index in [-0.39, 0.29) is 5.41 Å². The molecule has 0 fully saturated rings. The number of rotatable bonds is 2. The Bertz CT molecular complexity index is 1220. The molecule has 142 valence electrons. The van der Waals surface area contributed by atoms with Crippen LogP contribution in [0.5, 0.6) is 11.5 Å². The molecule has 29 heavy (non-hydrogen) atoms. The molecule has 5 rings (SSSR count). The van der Waals surface area contributed by atoms with Crippen LogP contribution in [-0.4, -0.2) is 9.97 Å². The second kappa shape index (κ2) is 6.71. The fourth-order valence-electron chi connectivity index (χ4n) is 3.94. The molecule has 4 aromatic rings. The highest BCUT2D eigenvalue weighted by molar-refractivity contribution is 6.29. The van der Waals surface area contributed by atoms with Crippen molar-refractivity contribution >= 4 is 11.6 Å². The van der Waals surface area contributed by atoms with Gasteiger partial charge in [0.2, 0.25) is 0 Å². The van der Waals surface area contributed by atoms with Crippen LogP contribution < -0.4 is 4.74 Å². The summed E-state index contributed by atoms with van der Waals surface area (Å²) in [6.45, 7) is 4.44. The molecule has 1 aliphatic heterocycles. The minimum absolute atomic E-state index is 0.181. The lowest BCUT2D eigenvalue weighted by Crippen LogP contribution is -2.24. The molecule has 3 nitrogen and oxygen atoms in total. The van der Waals surface area contributed by atoms with Gasteiger partial charge in [-0.3, -0.25) is 0 Å². The van der Waals surface area contributed by atoms with Gasteiger partial charge in [0, 0.05) is 33.7 Å². The maximum absolute atomic E-state index is 6.38. The highest BCUT2D eigenvalue weighted by atomic mass is 35.5. The molecule has 0 aliphatic carbocycles. The number of aromatic nitrogens is 2. The normalized spacial score (nSPS) is 13.9. The summed E-state index contributed by atoms with van der Waals surface area (Å²) >= 11 is 6.38. The van der Waals surface area contributed by atoms with Gasteiger partial charge in [0.15, 0.2) is 5.82 Å². The van der Waals surface area contributed by atoms with Crippen molar-refractivity contribution in [3.05, 3.63) is 95.1 Å². The number of benzene rings is 3. The lowest BCUT2D eigenvalue weighted by atomic mass is 9.75. The van der Waals surface area contributed by atoms with Crippen molar-refractivity contribution in [1.29, 1.82) is 0 Å². The topological polar surface area (TPSA) is 35.0 Å². The predicted molar refractivity (Wildman–Crippen MR) is 117 cm³/mol. The first kappa shape index (κ1) is 17.9. The summed E-state index contributed by atoms with van der Waals surface area (Å²) in [5.74, 6) is 2.30. The van der Waals surface area contributed by atoms with Crippen LogP contribution in [0, 0.1) is 0 Å². The van der Waals surface area contributed by atoms with Crippen molar-refractivity contribution in [2.45, 2.75) is 19.3 Å². The third kappa shape index (κ3) is 2.99. The molecule has 0 unspecified atom stereocenters. The summed E-state index contributed by atoms with van der Waals surface area (Å²) < 4.78 is 6.38. The summed E-state index contributed by atoms with van der Waals surface area (Å²) in [5, 5.41) is 0.405. The van der Waals surface area contributed by atoms with E-state index in [9.17, 15) is 0 Å². The average molecular weight is 399 g/mol. The number of hydrogen-bond donors (Lipinski definition) is 0. The van der Waals surface area contributed by atoms with Crippen molar-refractivity contribution in [3.63, 3.8) is 0 Å². The second-order valence-corrected chi connectivity index (χ2v) is 8.06. The SMILES string of the molecule is CC1(C)c2ccccc2Oc2c(-c3cc(Cl)nc(-c4ccccc4)n3)cccc21. The first-order valence-corrected chi connectivity index (χ1v) is 9.93. The van der Waals surface area contributed by atoms with E-state index in [0.29, 0.717) is 11.0 Å². The van der Waals surface area contributed by atoms with E-state index in [1.165, 1.54) is 5.56 Å². The zero-order valence-electron chi connectivity index (χ0n) is 16.2. The molecule has 0 saturated carbocycles. The zero-order chi connectivity index (χ0) is 20.0. The molecule has 0 bridgehead atoms. The van der Waals surface area contributed by atoms with Crippen LogP contribution in [0.15, 0.2) is 78.9 Å². The van der Waals surface area contributed by atoms with Gasteiger partial charge in [-0.2, -0.15) is 0 Å². The molecule has 0 spiro atoms. The maximum atomic E-state index is 6.38. The zero-order valence-corrected chi connectivity index (χ0v) is 16.9. The Kier molecular flexibility index (Phi) is 4.14. The Balaban J connectivity index is 1.70. The van der Waals surface area contributed by atoms with Crippen LogP contribution in [-0.2, 0) is 5.41 Å². The van der Waals surface area contributed by atoms with Gasteiger partial charge >= 0.3 is 0 Å². The summed E-state index contributed by atoms with van der Waals surface area (Å²) in [5.41, 5.74) is 4.70. The minimum atomic E-state index is -0.181. The molecule has 0 N–H and O–H groups in total. The molecule has 0 amide bonds. The first-order chi connectivity index (χ1) is 14.0. The number of halogens is 1. The van der Waals surface area contributed by atoms with Crippen molar-refractivity contribution in [3.8, 4) is 34.1 Å². The van der Waals surface area contributed by atoms with Crippen molar-refractivity contribution < 1.29 is 4.74 Å². The molecule has 3 aromatic carbocycles. The van der Waals surface area contributed by atoms with Gasteiger partial charge in [-0.1, -0.05) is 86.1 Å². The highest BCUT2D eigenvalue weighted by Crippen LogP contribution is 2.50. The third-order valence-electron chi connectivity index (χ3n) is 5.46. The van der Waals surface area contributed by atoms with Gasteiger partial charge in [-0.05, 0) is 12.1 Å². The molecule has 1 aromatic heterocycles. The highest BCUT2D eigenvalue weighted by Gasteiger charge is 2.35.